The van der Waals surface area contributed by atoms with Crippen LogP contribution in [0.1, 0.15) is 0 Å². The van der Waals surface area contributed by atoms with Gasteiger partial charge in [-0.15, -0.1) is 24.8 Å². The van der Waals surface area contributed by atoms with Crippen molar-refractivity contribution in [3.05, 3.63) is 0 Å². The van der Waals surface area contributed by atoms with Crippen molar-refractivity contribution in [2.75, 3.05) is 0 Å². The van der Waals surface area contributed by atoms with Crippen LogP contribution in [0.15, 0.2) is 0 Å². The Balaban J connectivity index is 0. The zero-order valence-electron chi connectivity index (χ0n) is 1.52. The maximum absolute atomic E-state index is 0. The van der Waals surface area contributed by atoms with Crippen LogP contribution in [0, 0.1) is 0 Å². The SMILES string of the molecule is Cl.Cl.N.[LiH].[MgH2]. The molecular weight excluding hydrogens is 116 g/mol. The van der Waals surface area contributed by atoms with Gasteiger partial charge in [0.2, 0.25) is 0 Å². The third kappa shape index (κ3) is 24.8. The van der Waals surface area contributed by atoms with Crippen LogP contribution in [0.2, 0.25) is 0 Å². The number of halogens is 2. The first kappa shape index (κ1) is 66.4. The first-order valence-electron chi connectivity index (χ1n) is 0. The molecule has 1 nitrogen and oxygen atoms in total. The minimum Gasteiger partial charge on any atom is 0.316 e. The van der Waals surface area contributed by atoms with Gasteiger partial charge in [0, 0.05) is 0 Å². The second-order valence-corrected chi connectivity index (χ2v) is 0. The van der Waals surface area contributed by atoms with Crippen molar-refractivity contribution in [1.29, 1.82) is 0 Å². The summed E-state index contributed by atoms with van der Waals surface area (Å²) in [6.45, 7) is 0. The van der Waals surface area contributed by atoms with Crippen LogP contribution >= 0.6 is 24.8 Å². The van der Waals surface area contributed by atoms with Crippen LogP contribution in [0.3, 0.4) is 0 Å². The fraction of sp³-hybridized carbons (Fsp3) is 0. The van der Waals surface area contributed by atoms with E-state index in [4.69, 9.17) is 0 Å². The molecule has 0 bridgehead atoms. The quantitative estimate of drug-likeness (QED) is 0.432. The van der Waals surface area contributed by atoms with Crippen LogP contribution in [0.5, 0.6) is 0 Å². The number of hydrogen-bond donors (Lipinski definition) is 1. The van der Waals surface area contributed by atoms with E-state index in [9.17, 15) is 0 Å². The number of rotatable bonds is 0. The normalized spacial score (nSPS) is 0. The Morgan fingerprint density at radius 3 is 0.800 bits per heavy atom. The molecule has 0 heterocycles. The minimum absolute atomic E-state index is 0. The molecule has 5 heteroatoms. The van der Waals surface area contributed by atoms with E-state index in [1.54, 1.807) is 0 Å². The van der Waals surface area contributed by atoms with Gasteiger partial charge in [-0.05, 0) is 0 Å². The van der Waals surface area contributed by atoms with Gasteiger partial charge in [0.25, 0.3) is 0 Å². The molecule has 0 radical (unpaired) electrons. The molecule has 3 N–H and O–H groups in total. The Morgan fingerprint density at radius 1 is 0.800 bits per heavy atom. The molecule has 0 aliphatic heterocycles. The molecule has 0 atom stereocenters. The Kier molecular flexibility index (Phi) is 520. The van der Waals surface area contributed by atoms with Crippen molar-refractivity contribution in [3.63, 3.8) is 0 Å². The molecule has 0 saturated carbocycles. The Bertz CT molecular complexity index is 9.61. The Morgan fingerprint density at radius 2 is 0.800 bits per heavy atom. The molecular formula is H8Cl2LiMgN. The third-order valence-corrected chi connectivity index (χ3v) is 0. The van der Waals surface area contributed by atoms with E-state index >= 15 is 0 Å². The van der Waals surface area contributed by atoms with E-state index in [0.29, 0.717) is 0 Å². The molecule has 0 amide bonds. The summed E-state index contributed by atoms with van der Waals surface area (Å²) in [5.74, 6) is 0. The monoisotopic (exact) mass is 123 g/mol. The van der Waals surface area contributed by atoms with E-state index < -0.39 is 0 Å². The molecule has 0 saturated heterocycles. The predicted molar refractivity (Wildman–Crippen MR) is 35.2 cm³/mol. The second kappa shape index (κ2) is 39.2. The molecule has 0 aliphatic carbocycles. The maximum Gasteiger partial charge on any atom is 0.316 e. The van der Waals surface area contributed by atoms with Crippen LogP contribution in [-0.4, -0.2) is 41.9 Å². The molecule has 0 rings (SSSR count). The van der Waals surface area contributed by atoms with Gasteiger partial charge in [-0.1, -0.05) is 0 Å². The zero-order chi connectivity index (χ0) is 0. The predicted octanol–water partition coefficient (Wildman–Crippen LogP) is -0.559. The van der Waals surface area contributed by atoms with Gasteiger partial charge in [0.05, 0.1) is 0 Å². The van der Waals surface area contributed by atoms with Gasteiger partial charge in [0.1, 0.15) is 0 Å². The first-order valence-corrected chi connectivity index (χ1v) is 0. The van der Waals surface area contributed by atoms with Crippen molar-refractivity contribution >= 4 is 66.7 Å². The maximum atomic E-state index is 0. The summed E-state index contributed by atoms with van der Waals surface area (Å²) in [6.07, 6.45) is 0. The van der Waals surface area contributed by atoms with Gasteiger partial charge < -0.3 is 6.15 Å². The van der Waals surface area contributed by atoms with Crippen LogP contribution in [0.4, 0.5) is 0 Å². The van der Waals surface area contributed by atoms with Gasteiger partial charge in [0.15, 0.2) is 0 Å². The second-order valence-electron chi connectivity index (χ2n) is 0. The van der Waals surface area contributed by atoms with Crippen molar-refractivity contribution in [2.24, 2.45) is 0 Å². The topological polar surface area (TPSA) is 35.0 Å². The van der Waals surface area contributed by atoms with E-state index in [1.807, 2.05) is 0 Å². The molecule has 0 aromatic heterocycles. The smallest absolute Gasteiger partial charge is 0.316 e. The molecule has 5 heavy (non-hydrogen) atoms. The third-order valence-electron chi connectivity index (χ3n) is 0. The van der Waals surface area contributed by atoms with Crippen molar-refractivity contribution in [2.45, 2.75) is 0 Å². The largest absolute Gasteiger partial charge is 0.316 e. The molecule has 0 fully saturated rings. The summed E-state index contributed by atoms with van der Waals surface area (Å²) in [5, 5.41) is 0. The molecule has 0 aliphatic rings. The van der Waals surface area contributed by atoms with Crippen molar-refractivity contribution in [3.8, 4) is 0 Å². The van der Waals surface area contributed by atoms with Crippen LogP contribution in [-0.2, 0) is 0 Å². The summed E-state index contributed by atoms with van der Waals surface area (Å²) in [4.78, 5) is 0. The Labute approximate surface area is 72.4 Å². The van der Waals surface area contributed by atoms with Gasteiger partial charge in [-0.25, -0.2) is 0 Å². The van der Waals surface area contributed by atoms with Gasteiger partial charge in [-0.2, -0.15) is 0 Å². The molecule has 0 unspecified atom stereocenters. The Hall–Kier alpha value is 1.90. The van der Waals surface area contributed by atoms with E-state index in [-0.39, 0.29) is 72.9 Å². The fourth-order valence-corrected chi connectivity index (χ4v) is 0. The molecule has 0 aromatic rings. The average molecular weight is 124 g/mol. The van der Waals surface area contributed by atoms with Crippen LogP contribution < -0.4 is 6.15 Å². The van der Waals surface area contributed by atoms with Gasteiger partial charge in [-0.3, -0.25) is 0 Å². The molecule has 0 spiro atoms. The molecule has 30 valence electrons. The van der Waals surface area contributed by atoms with Crippen molar-refractivity contribution in [1.82, 2.24) is 6.15 Å². The summed E-state index contributed by atoms with van der Waals surface area (Å²) in [7, 11) is 0. The number of hydrogen-bond acceptors (Lipinski definition) is 1. The van der Waals surface area contributed by atoms with Crippen LogP contribution in [0.25, 0.3) is 0 Å². The van der Waals surface area contributed by atoms with Gasteiger partial charge >= 0.3 is 41.9 Å². The minimum atomic E-state index is 0. The standard InChI is InChI=1S/2ClH.Li.Mg.H3N.3H/h2*1H;;;1H3;;;. The average Bonchev–Trinajstić information content (AvgIpc) is 0. The summed E-state index contributed by atoms with van der Waals surface area (Å²) < 4.78 is 0. The fourth-order valence-electron chi connectivity index (χ4n) is 0. The van der Waals surface area contributed by atoms with E-state index in [1.165, 1.54) is 0 Å². The summed E-state index contributed by atoms with van der Waals surface area (Å²) in [5.41, 5.74) is 0. The summed E-state index contributed by atoms with van der Waals surface area (Å²) >= 11 is 0. The molecule has 0 aromatic carbocycles. The first-order chi connectivity index (χ1) is 0. The van der Waals surface area contributed by atoms with E-state index in [2.05, 4.69) is 0 Å². The zero-order valence-corrected chi connectivity index (χ0v) is 3.16. The summed E-state index contributed by atoms with van der Waals surface area (Å²) in [6, 6.07) is 0. The van der Waals surface area contributed by atoms with Crippen molar-refractivity contribution < 1.29 is 0 Å². The van der Waals surface area contributed by atoms with E-state index in [0.717, 1.165) is 0 Å².